The van der Waals surface area contributed by atoms with Gasteiger partial charge in [-0.15, -0.1) is 0 Å². The van der Waals surface area contributed by atoms with Crippen LogP contribution in [-0.4, -0.2) is 57.0 Å². The lowest BCUT2D eigenvalue weighted by atomic mass is 10.1. The van der Waals surface area contributed by atoms with E-state index in [0.29, 0.717) is 12.1 Å². The van der Waals surface area contributed by atoms with Crippen LogP contribution < -0.4 is 30.4 Å². The Kier molecular flexibility index (Phi) is 12.0. The topological polar surface area (TPSA) is 134 Å². The number of amides is 1. The maximum absolute atomic E-state index is 15.3. The SMILES string of the molecule is CC.Cc1ccc(Nc2c(C(=O)NC3CC3)c(Oc3ccc(NS(=O)(=O)NCCN(C)C)c(F)c3Cl)c(C)c(=O)n2C)c(F)c1. The first-order valence-electron chi connectivity index (χ1n) is 14.3. The Hall–Kier alpha value is -3.72. The molecular weight excluding hydrogens is 630 g/mol. The first kappa shape index (κ1) is 35.8. The van der Waals surface area contributed by atoms with Gasteiger partial charge in [0.05, 0.1) is 16.9 Å². The Morgan fingerprint density at radius 1 is 1.11 bits per heavy atom. The number of benzene rings is 2. The second-order valence-corrected chi connectivity index (χ2v) is 12.4. The van der Waals surface area contributed by atoms with Crippen LogP contribution in [0, 0.1) is 25.5 Å². The van der Waals surface area contributed by atoms with E-state index in [4.69, 9.17) is 16.3 Å². The Morgan fingerprint density at radius 2 is 1.76 bits per heavy atom. The average Bonchev–Trinajstić information content (AvgIpc) is 3.79. The fourth-order valence-electron chi connectivity index (χ4n) is 4.12. The van der Waals surface area contributed by atoms with Gasteiger partial charge < -0.3 is 20.3 Å². The number of nitrogens with zero attached hydrogens (tertiary/aromatic N) is 2. The molecule has 246 valence electrons. The largest absolute Gasteiger partial charge is 0.454 e. The Bertz CT molecular complexity index is 1730. The monoisotopic (exact) mass is 668 g/mol. The van der Waals surface area contributed by atoms with Crippen molar-refractivity contribution in [3.05, 3.63) is 74.0 Å². The second kappa shape index (κ2) is 15.0. The summed E-state index contributed by atoms with van der Waals surface area (Å²) in [6, 6.07) is 6.65. The predicted octanol–water partition coefficient (Wildman–Crippen LogP) is 5.20. The molecule has 0 bridgehead atoms. The lowest BCUT2D eigenvalue weighted by molar-refractivity contribution is 0.0948. The van der Waals surface area contributed by atoms with Gasteiger partial charge in [-0.05, 0) is 70.6 Å². The molecule has 1 amide bonds. The third-order valence-corrected chi connectivity index (χ3v) is 8.06. The molecule has 4 N–H and O–H groups in total. The van der Waals surface area contributed by atoms with Crippen molar-refractivity contribution in [3.8, 4) is 11.5 Å². The first-order chi connectivity index (χ1) is 21.2. The number of carbonyl (C=O) groups is 1. The molecule has 1 aliphatic carbocycles. The molecule has 0 spiro atoms. The highest BCUT2D eigenvalue weighted by atomic mass is 35.5. The van der Waals surface area contributed by atoms with Gasteiger partial charge >= 0.3 is 0 Å². The molecule has 4 rings (SSSR count). The van der Waals surface area contributed by atoms with Crippen molar-refractivity contribution in [2.75, 3.05) is 37.2 Å². The van der Waals surface area contributed by atoms with Crippen molar-refractivity contribution >= 4 is 44.9 Å². The number of pyridine rings is 1. The van der Waals surface area contributed by atoms with Crippen LogP contribution in [-0.2, 0) is 17.3 Å². The number of anilines is 3. The Balaban J connectivity index is 0.00000271. The van der Waals surface area contributed by atoms with Crippen LogP contribution in [0.25, 0.3) is 0 Å². The average molecular weight is 669 g/mol. The number of ether oxygens (including phenoxy) is 1. The van der Waals surface area contributed by atoms with Gasteiger partial charge in [0.1, 0.15) is 28.0 Å². The number of hydrogen-bond acceptors (Lipinski definition) is 7. The third-order valence-electron chi connectivity index (χ3n) is 6.64. The van der Waals surface area contributed by atoms with E-state index in [9.17, 15) is 22.4 Å². The number of rotatable bonds is 12. The Morgan fingerprint density at radius 3 is 2.36 bits per heavy atom. The van der Waals surface area contributed by atoms with Crippen LogP contribution in [0.2, 0.25) is 5.02 Å². The van der Waals surface area contributed by atoms with E-state index in [1.54, 1.807) is 32.0 Å². The highest BCUT2D eigenvalue weighted by Gasteiger charge is 2.31. The highest BCUT2D eigenvalue weighted by molar-refractivity contribution is 7.90. The normalized spacial score (nSPS) is 12.8. The van der Waals surface area contributed by atoms with E-state index < -0.39 is 44.0 Å². The van der Waals surface area contributed by atoms with Crippen molar-refractivity contribution in [1.29, 1.82) is 0 Å². The summed E-state index contributed by atoms with van der Waals surface area (Å²) in [5.41, 5.74) is -0.460. The maximum Gasteiger partial charge on any atom is 0.299 e. The molecule has 45 heavy (non-hydrogen) atoms. The zero-order chi connectivity index (χ0) is 33.6. The van der Waals surface area contributed by atoms with Gasteiger partial charge in [-0.1, -0.05) is 31.5 Å². The molecule has 1 aromatic heterocycles. The van der Waals surface area contributed by atoms with Gasteiger partial charge in [0.25, 0.3) is 21.7 Å². The fraction of sp³-hybridized carbons (Fsp3) is 0.400. The third kappa shape index (κ3) is 8.93. The van der Waals surface area contributed by atoms with Crippen LogP contribution in [0.15, 0.2) is 35.1 Å². The molecule has 0 unspecified atom stereocenters. The van der Waals surface area contributed by atoms with E-state index in [1.807, 2.05) is 13.8 Å². The van der Waals surface area contributed by atoms with Gasteiger partial charge in [0, 0.05) is 26.2 Å². The fourth-order valence-corrected chi connectivity index (χ4v) is 5.20. The van der Waals surface area contributed by atoms with Gasteiger partial charge in [0.15, 0.2) is 11.6 Å². The zero-order valence-corrected chi connectivity index (χ0v) is 27.8. The summed E-state index contributed by atoms with van der Waals surface area (Å²) in [4.78, 5) is 28.5. The molecule has 1 saturated carbocycles. The van der Waals surface area contributed by atoms with Crippen molar-refractivity contribution in [1.82, 2.24) is 19.5 Å². The molecule has 2 aromatic carbocycles. The number of nitrogens with one attached hydrogen (secondary N) is 4. The zero-order valence-electron chi connectivity index (χ0n) is 26.3. The van der Waals surface area contributed by atoms with Crippen molar-refractivity contribution in [2.45, 2.75) is 46.6 Å². The molecule has 0 radical (unpaired) electrons. The summed E-state index contributed by atoms with van der Waals surface area (Å²) < 4.78 is 66.3. The molecule has 15 heteroatoms. The second-order valence-electron chi connectivity index (χ2n) is 10.5. The number of hydrogen-bond donors (Lipinski definition) is 4. The molecular formula is C30H39ClF2N6O5S. The minimum atomic E-state index is -4.13. The van der Waals surface area contributed by atoms with E-state index in [0.717, 1.165) is 23.5 Å². The number of aromatic nitrogens is 1. The summed E-state index contributed by atoms with van der Waals surface area (Å²) in [6.07, 6.45) is 1.53. The van der Waals surface area contributed by atoms with Crippen LogP contribution in [0.4, 0.5) is 26.0 Å². The van der Waals surface area contributed by atoms with E-state index >= 15 is 4.39 Å². The summed E-state index contributed by atoms with van der Waals surface area (Å²) in [5.74, 6) is -2.92. The first-order valence-corrected chi connectivity index (χ1v) is 16.2. The lowest BCUT2D eigenvalue weighted by Gasteiger charge is -2.22. The quantitative estimate of drug-likeness (QED) is 0.209. The molecule has 0 aliphatic heterocycles. The number of aryl methyl sites for hydroxylation is 1. The minimum Gasteiger partial charge on any atom is -0.454 e. The van der Waals surface area contributed by atoms with Gasteiger partial charge in [0.2, 0.25) is 0 Å². The van der Waals surface area contributed by atoms with Gasteiger partial charge in [-0.2, -0.15) is 13.1 Å². The highest BCUT2D eigenvalue weighted by Crippen LogP contribution is 2.39. The summed E-state index contributed by atoms with van der Waals surface area (Å²) >= 11 is 6.27. The Labute approximate surface area is 267 Å². The molecule has 1 heterocycles. The van der Waals surface area contributed by atoms with E-state index in [2.05, 4.69) is 20.1 Å². The van der Waals surface area contributed by atoms with Crippen molar-refractivity contribution in [2.24, 2.45) is 7.05 Å². The van der Waals surface area contributed by atoms with Crippen LogP contribution in [0.5, 0.6) is 11.5 Å². The summed E-state index contributed by atoms with van der Waals surface area (Å²) in [7, 11) is 0.830. The molecule has 0 saturated heterocycles. The molecule has 11 nitrogen and oxygen atoms in total. The van der Waals surface area contributed by atoms with Crippen molar-refractivity contribution < 1.29 is 26.7 Å². The van der Waals surface area contributed by atoms with E-state index in [1.165, 1.54) is 32.2 Å². The van der Waals surface area contributed by atoms with Crippen LogP contribution in [0.1, 0.15) is 48.2 Å². The van der Waals surface area contributed by atoms with E-state index in [-0.39, 0.29) is 46.7 Å². The lowest BCUT2D eigenvalue weighted by Crippen LogP contribution is -2.35. The smallest absolute Gasteiger partial charge is 0.299 e. The summed E-state index contributed by atoms with van der Waals surface area (Å²) in [5, 5.41) is 5.09. The van der Waals surface area contributed by atoms with Crippen LogP contribution >= 0.6 is 11.6 Å². The van der Waals surface area contributed by atoms with Crippen molar-refractivity contribution in [3.63, 3.8) is 0 Å². The number of halogens is 3. The minimum absolute atomic E-state index is 0.00437. The molecule has 3 aromatic rings. The molecule has 1 fully saturated rings. The molecule has 1 aliphatic rings. The summed E-state index contributed by atoms with van der Waals surface area (Å²) in [6.45, 7) is 7.64. The van der Waals surface area contributed by atoms with Gasteiger partial charge in [-0.3, -0.25) is 18.9 Å². The van der Waals surface area contributed by atoms with Gasteiger partial charge in [-0.25, -0.2) is 8.78 Å². The number of carbonyl (C=O) groups excluding carboxylic acids is 1. The molecule has 0 atom stereocenters. The number of likely N-dealkylation sites (N-methyl/N-ethyl adjacent to an activating group) is 1. The standard InChI is InChI=1S/C28H33ClF2N6O5S.C2H6/c1-15-6-9-19(18(30)14-15)34-26-22(27(38)33-17-7-8-17)25(16(2)28(39)37(26)5)42-21-11-10-20(24(31)23(21)29)35-43(40,41)32-12-13-36(3)4;1-2/h6,9-11,14,17,32,34-35H,7-8,12-13H2,1-5H3,(H,33,38);1-2H3. The maximum atomic E-state index is 15.3. The predicted molar refractivity (Wildman–Crippen MR) is 173 cm³/mol. The van der Waals surface area contributed by atoms with Crippen LogP contribution in [0.3, 0.4) is 0 Å².